The lowest BCUT2D eigenvalue weighted by molar-refractivity contribution is 0.514. The van der Waals surface area contributed by atoms with Gasteiger partial charge in [-0.25, -0.2) is 4.39 Å². The van der Waals surface area contributed by atoms with Crippen molar-refractivity contribution >= 4 is 23.3 Å². The topological polar surface area (TPSA) is 20.7 Å². The van der Waals surface area contributed by atoms with Crippen LogP contribution in [0.5, 0.6) is 0 Å². The molecule has 0 fully saturated rings. The van der Waals surface area contributed by atoms with Gasteiger partial charge < -0.3 is 9.55 Å². The van der Waals surface area contributed by atoms with E-state index < -0.39 is 0 Å². The summed E-state index contributed by atoms with van der Waals surface area (Å²) in [6.07, 6.45) is 1.99. The molecule has 4 heteroatoms. The number of hydrogen-bond acceptors (Lipinski definition) is 1. The summed E-state index contributed by atoms with van der Waals surface area (Å²) in [5, 5.41) is 0. The lowest BCUT2D eigenvalue weighted by Crippen LogP contribution is -2.06. The van der Waals surface area contributed by atoms with Crippen molar-refractivity contribution in [2.75, 3.05) is 0 Å². The molecule has 0 bridgehead atoms. The maximum absolute atomic E-state index is 13.3. The van der Waals surface area contributed by atoms with Gasteiger partial charge in [-0.05, 0) is 55.7 Å². The number of aryl methyl sites for hydroxylation is 1. The number of benzene rings is 2. The second-order valence-corrected chi connectivity index (χ2v) is 5.72. The minimum Gasteiger partial charge on any atom is -0.330 e. The lowest BCUT2D eigenvalue weighted by atomic mass is 10.1. The Morgan fingerprint density at radius 1 is 1.19 bits per heavy atom. The average molecular weight is 300 g/mol. The Labute approximate surface area is 128 Å². The standard InChI is InChI=1S/C17H17FN2S/c1-12(7-8-13-5-3-2-4-6-13)20-16-10-9-14(18)11-15(16)19-17(20)21/h2-6,9-12H,7-8H2,1H3,(H,19,21). The summed E-state index contributed by atoms with van der Waals surface area (Å²) in [5.41, 5.74) is 3.04. The van der Waals surface area contributed by atoms with E-state index >= 15 is 0 Å². The van der Waals surface area contributed by atoms with Crippen molar-refractivity contribution in [3.8, 4) is 0 Å². The number of H-pyrrole nitrogens is 1. The molecule has 0 saturated carbocycles. The number of aromatic nitrogens is 2. The van der Waals surface area contributed by atoms with Crippen molar-refractivity contribution in [3.05, 3.63) is 64.7 Å². The third kappa shape index (κ3) is 2.90. The number of fused-ring (bicyclic) bond motifs is 1. The monoisotopic (exact) mass is 300 g/mol. The molecule has 3 rings (SSSR count). The highest BCUT2D eigenvalue weighted by molar-refractivity contribution is 7.71. The first kappa shape index (κ1) is 14.0. The number of nitrogens with zero attached hydrogens (tertiary/aromatic N) is 1. The van der Waals surface area contributed by atoms with Crippen molar-refractivity contribution < 1.29 is 4.39 Å². The van der Waals surface area contributed by atoms with Gasteiger partial charge in [0.1, 0.15) is 5.82 Å². The van der Waals surface area contributed by atoms with E-state index in [1.54, 1.807) is 6.07 Å². The molecule has 0 aliphatic rings. The van der Waals surface area contributed by atoms with E-state index in [0.717, 1.165) is 23.9 Å². The van der Waals surface area contributed by atoms with Crippen molar-refractivity contribution in [2.24, 2.45) is 0 Å². The van der Waals surface area contributed by atoms with Crippen LogP contribution in [0.25, 0.3) is 11.0 Å². The first-order valence-corrected chi connectivity index (χ1v) is 7.49. The van der Waals surface area contributed by atoms with Crippen LogP contribution in [0.3, 0.4) is 0 Å². The van der Waals surface area contributed by atoms with Crippen molar-refractivity contribution in [1.29, 1.82) is 0 Å². The van der Waals surface area contributed by atoms with E-state index in [4.69, 9.17) is 12.2 Å². The van der Waals surface area contributed by atoms with Gasteiger partial charge in [0, 0.05) is 6.04 Å². The van der Waals surface area contributed by atoms with E-state index in [1.807, 2.05) is 6.07 Å². The average Bonchev–Trinajstić information content (AvgIpc) is 2.81. The molecule has 0 spiro atoms. The minimum atomic E-state index is -0.247. The quantitative estimate of drug-likeness (QED) is 0.670. The highest BCUT2D eigenvalue weighted by atomic mass is 32.1. The number of hydrogen-bond donors (Lipinski definition) is 1. The molecule has 0 aliphatic heterocycles. The Morgan fingerprint density at radius 3 is 2.71 bits per heavy atom. The molecular formula is C17H17FN2S. The Morgan fingerprint density at radius 2 is 1.95 bits per heavy atom. The lowest BCUT2D eigenvalue weighted by Gasteiger charge is -2.14. The van der Waals surface area contributed by atoms with Gasteiger partial charge in [0.15, 0.2) is 4.77 Å². The van der Waals surface area contributed by atoms with Gasteiger partial charge in [-0.2, -0.15) is 0 Å². The molecule has 0 aliphatic carbocycles. The second-order valence-electron chi connectivity index (χ2n) is 5.33. The van der Waals surface area contributed by atoms with E-state index in [1.165, 1.54) is 17.7 Å². The van der Waals surface area contributed by atoms with Crippen molar-refractivity contribution in [2.45, 2.75) is 25.8 Å². The van der Waals surface area contributed by atoms with Crippen LogP contribution in [0.1, 0.15) is 24.9 Å². The fourth-order valence-corrected chi connectivity index (χ4v) is 3.08. The van der Waals surface area contributed by atoms with E-state index in [2.05, 4.69) is 40.7 Å². The fourth-order valence-electron chi connectivity index (χ4n) is 2.69. The molecule has 21 heavy (non-hydrogen) atoms. The smallest absolute Gasteiger partial charge is 0.178 e. The van der Waals surface area contributed by atoms with Gasteiger partial charge in [-0.3, -0.25) is 0 Å². The van der Waals surface area contributed by atoms with Crippen LogP contribution in [0, 0.1) is 10.6 Å². The summed E-state index contributed by atoms with van der Waals surface area (Å²) in [6, 6.07) is 15.4. The zero-order chi connectivity index (χ0) is 14.8. The Balaban J connectivity index is 1.86. The van der Waals surface area contributed by atoms with E-state index in [9.17, 15) is 4.39 Å². The zero-order valence-corrected chi connectivity index (χ0v) is 12.7. The van der Waals surface area contributed by atoms with Gasteiger partial charge in [-0.1, -0.05) is 30.3 Å². The first-order chi connectivity index (χ1) is 10.1. The maximum Gasteiger partial charge on any atom is 0.178 e. The molecule has 1 unspecified atom stereocenters. The zero-order valence-electron chi connectivity index (χ0n) is 11.8. The van der Waals surface area contributed by atoms with Crippen LogP contribution in [-0.2, 0) is 6.42 Å². The van der Waals surface area contributed by atoms with E-state index in [0.29, 0.717) is 4.77 Å². The molecule has 2 aromatic carbocycles. The highest BCUT2D eigenvalue weighted by Crippen LogP contribution is 2.23. The number of rotatable bonds is 4. The molecule has 1 N–H and O–H groups in total. The number of imidazole rings is 1. The summed E-state index contributed by atoms with van der Waals surface area (Å²) in [4.78, 5) is 3.08. The van der Waals surface area contributed by atoms with Crippen LogP contribution in [-0.4, -0.2) is 9.55 Å². The predicted molar refractivity (Wildman–Crippen MR) is 86.6 cm³/mol. The summed E-state index contributed by atoms with van der Waals surface area (Å²) in [6.45, 7) is 2.15. The van der Waals surface area contributed by atoms with Crippen molar-refractivity contribution in [3.63, 3.8) is 0 Å². The van der Waals surface area contributed by atoms with Crippen LogP contribution >= 0.6 is 12.2 Å². The number of aromatic amines is 1. The molecule has 1 aromatic heterocycles. The van der Waals surface area contributed by atoms with E-state index in [-0.39, 0.29) is 11.9 Å². The van der Waals surface area contributed by atoms with Gasteiger partial charge in [0.05, 0.1) is 11.0 Å². The molecule has 1 heterocycles. The van der Waals surface area contributed by atoms with Crippen LogP contribution in [0.15, 0.2) is 48.5 Å². The maximum atomic E-state index is 13.3. The van der Waals surface area contributed by atoms with Crippen LogP contribution in [0.2, 0.25) is 0 Å². The summed E-state index contributed by atoms with van der Waals surface area (Å²) in [5.74, 6) is -0.247. The number of halogens is 1. The second kappa shape index (κ2) is 5.82. The molecule has 2 nitrogen and oxygen atoms in total. The normalized spacial score (nSPS) is 12.7. The Kier molecular flexibility index (Phi) is 3.88. The first-order valence-electron chi connectivity index (χ1n) is 7.09. The molecular weight excluding hydrogens is 283 g/mol. The van der Waals surface area contributed by atoms with Crippen molar-refractivity contribution in [1.82, 2.24) is 9.55 Å². The van der Waals surface area contributed by atoms with Gasteiger partial charge in [0.25, 0.3) is 0 Å². The largest absolute Gasteiger partial charge is 0.330 e. The highest BCUT2D eigenvalue weighted by Gasteiger charge is 2.11. The summed E-state index contributed by atoms with van der Waals surface area (Å²) >= 11 is 5.39. The van der Waals surface area contributed by atoms with Crippen LogP contribution < -0.4 is 0 Å². The Hall–Kier alpha value is -1.94. The Bertz CT molecular complexity index is 805. The number of nitrogens with one attached hydrogen (secondary N) is 1. The fraction of sp³-hybridized carbons (Fsp3) is 0.235. The van der Waals surface area contributed by atoms with Gasteiger partial charge in [-0.15, -0.1) is 0 Å². The molecule has 1 atom stereocenters. The summed E-state index contributed by atoms with van der Waals surface area (Å²) < 4.78 is 16.0. The summed E-state index contributed by atoms with van der Waals surface area (Å²) in [7, 11) is 0. The van der Waals surface area contributed by atoms with Crippen LogP contribution in [0.4, 0.5) is 4.39 Å². The van der Waals surface area contributed by atoms with Gasteiger partial charge >= 0.3 is 0 Å². The molecule has 3 aromatic rings. The SMILES string of the molecule is CC(CCc1ccccc1)n1c(=S)[nH]c2cc(F)ccc21. The minimum absolute atomic E-state index is 0.247. The van der Waals surface area contributed by atoms with Gasteiger partial charge in [0.2, 0.25) is 0 Å². The third-order valence-corrected chi connectivity index (χ3v) is 4.11. The molecule has 108 valence electrons. The molecule has 0 saturated heterocycles. The molecule has 0 amide bonds. The third-order valence-electron chi connectivity index (χ3n) is 3.81. The predicted octanol–water partition coefficient (Wildman–Crippen LogP) is 5.03. The molecule has 0 radical (unpaired) electrons.